The van der Waals surface area contributed by atoms with Crippen LogP contribution in [0.15, 0.2) is 16.8 Å². The van der Waals surface area contributed by atoms with Gasteiger partial charge in [-0.2, -0.15) is 16.4 Å². The minimum absolute atomic E-state index is 0.150. The molecule has 1 unspecified atom stereocenters. The molecule has 3 heterocycles. The lowest BCUT2D eigenvalue weighted by atomic mass is 9.62. The van der Waals surface area contributed by atoms with E-state index >= 15 is 0 Å². The summed E-state index contributed by atoms with van der Waals surface area (Å²) < 4.78 is 0. The third kappa shape index (κ3) is 2.00. The summed E-state index contributed by atoms with van der Waals surface area (Å²) in [6, 6.07) is 1.91. The summed E-state index contributed by atoms with van der Waals surface area (Å²) in [5.41, 5.74) is 1.02. The minimum atomic E-state index is 0.150. The fraction of sp³-hybridized carbons (Fsp3) is 0.533. The van der Waals surface area contributed by atoms with Crippen molar-refractivity contribution in [1.82, 2.24) is 20.1 Å². The molecule has 1 saturated carbocycles. The van der Waals surface area contributed by atoms with E-state index in [9.17, 15) is 4.79 Å². The van der Waals surface area contributed by atoms with Crippen LogP contribution >= 0.6 is 11.3 Å². The number of hydrogen-bond donors (Lipinski definition) is 1. The smallest absolute Gasteiger partial charge is 0.254 e. The second-order valence-electron chi connectivity index (χ2n) is 6.25. The van der Waals surface area contributed by atoms with Crippen LogP contribution in [0.3, 0.4) is 0 Å². The van der Waals surface area contributed by atoms with E-state index in [-0.39, 0.29) is 17.2 Å². The Labute approximate surface area is 127 Å². The number of thiophene rings is 1. The predicted molar refractivity (Wildman–Crippen MR) is 80.4 cm³/mol. The molecule has 110 valence electrons. The largest absolute Gasteiger partial charge is 0.337 e. The van der Waals surface area contributed by atoms with E-state index in [1.165, 1.54) is 19.3 Å². The second-order valence-corrected chi connectivity index (χ2v) is 7.03. The van der Waals surface area contributed by atoms with Crippen LogP contribution in [0.4, 0.5) is 0 Å². The standard InChI is InChI=1S/C15H18N4OS/c1-10-16-13(18-17-10)12-7-19(9-15(12)4-2-5-15)14(20)11-3-6-21-8-11/h3,6,8,12H,2,4-5,7,9H2,1H3,(H,16,17,18). The van der Waals surface area contributed by atoms with Crippen molar-refractivity contribution in [3.8, 4) is 0 Å². The summed E-state index contributed by atoms with van der Waals surface area (Å²) in [4.78, 5) is 19.1. The summed E-state index contributed by atoms with van der Waals surface area (Å²) in [5, 5.41) is 11.2. The van der Waals surface area contributed by atoms with Crippen molar-refractivity contribution in [1.29, 1.82) is 0 Å². The van der Waals surface area contributed by atoms with Crippen molar-refractivity contribution in [2.45, 2.75) is 32.1 Å². The zero-order valence-corrected chi connectivity index (χ0v) is 12.8. The fourth-order valence-electron chi connectivity index (χ4n) is 3.70. The number of aromatic amines is 1. The average Bonchev–Trinajstić information content (AvgIpc) is 3.15. The summed E-state index contributed by atoms with van der Waals surface area (Å²) in [6.45, 7) is 3.51. The maximum Gasteiger partial charge on any atom is 0.254 e. The number of hydrogen-bond acceptors (Lipinski definition) is 4. The Kier molecular flexibility index (Phi) is 2.89. The van der Waals surface area contributed by atoms with Crippen LogP contribution in [0.25, 0.3) is 0 Å². The second kappa shape index (κ2) is 4.66. The predicted octanol–water partition coefficient (Wildman–Crippen LogP) is 2.58. The Morgan fingerprint density at radius 2 is 2.38 bits per heavy atom. The first-order valence-electron chi connectivity index (χ1n) is 7.38. The van der Waals surface area contributed by atoms with Gasteiger partial charge in [-0.05, 0) is 36.6 Å². The molecule has 5 nitrogen and oxygen atoms in total. The van der Waals surface area contributed by atoms with Gasteiger partial charge in [-0.15, -0.1) is 0 Å². The number of rotatable bonds is 2. The zero-order valence-electron chi connectivity index (χ0n) is 12.0. The Bertz CT molecular complexity index is 659. The van der Waals surface area contributed by atoms with Crippen molar-refractivity contribution in [3.63, 3.8) is 0 Å². The zero-order chi connectivity index (χ0) is 14.4. The highest BCUT2D eigenvalue weighted by molar-refractivity contribution is 7.08. The lowest BCUT2D eigenvalue weighted by Gasteiger charge is -2.41. The molecule has 2 fully saturated rings. The lowest BCUT2D eigenvalue weighted by Crippen LogP contribution is -2.38. The van der Waals surface area contributed by atoms with Gasteiger partial charge in [0.25, 0.3) is 5.91 Å². The normalized spacial score (nSPS) is 23.5. The minimum Gasteiger partial charge on any atom is -0.337 e. The van der Waals surface area contributed by atoms with Gasteiger partial charge >= 0.3 is 0 Å². The monoisotopic (exact) mass is 302 g/mol. The summed E-state index contributed by atoms with van der Waals surface area (Å²) in [5.74, 6) is 2.16. The first-order chi connectivity index (χ1) is 10.2. The number of carbonyl (C=O) groups is 1. The van der Waals surface area contributed by atoms with Gasteiger partial charge < -0.3 is 4.90 Å². The van der Waals surface area contributed by atoms with E-state index in [1.807, 2.05) is 28.7 Å². The van der Waals surface area contributed by atoms with Gasteiger partial charge in [0, 0.05) is 24.4 Å². The number of carbonyl (C=O) groups excluding carboxylic acids is 1. The van der Waals surface area contributed by atoms with E-state index in [2.05, 4.69) is 15.2 Å². The van der Waals surface area contributed by atoms with Crippen LogP contribution in [0, 0.1) is 12.3 Å². The molecule has 4 rings (SSSR count). The Balaban J connectivity index is 1.62. The number of likely N-dealkylation sites (tertiary alicyclic amines) is 1. The molecule has 1 aliphatic heterocycles. The quantitative estimate of drug-likeness (QED) is 0.927. The van der Waals surface area contributed by atoms with Crippen molar-refractivity contribution < 1.29 is 4.79 Å². The van der Waals surface area contributed by atoms with Gasteiger partial charge in [-0.1, -0.05) is 6.42 Å². The summed E-state index contributed by atoms with van der Waals surface area (Å²) in [6.07, 6.45) is 3.61. The Morgan fingerprint density at radius 1 is 1.52 bits per heavy atom. The van der Waals surface area contributed by atoms with E-state index in [0.717, 1.165) is 30.3 Å². The van der Waals surface area contributed by atoms with Crippen molar-refractivity contribution in [2.24, 2.45) is 5.41 Å². The van der Waals surface area contributed by atoms with Crippen LogP contribution in [-0.4, -0.2) is 39.1 Å². The molecule has 1 saturated heterocycles. The molecule has 0 bridgehead atoms. The molecule has 6 heteroatoms. The van der Waals surface area contributed by atoms with Crippen LogP contribution in [0.5, 0.6) is 0 Å². The molecule has 1 aliphatic carbocycles. The van der Waals surface area contributed by atoms with Crippen molar-refractivity contribution >= 4 is 17.2 Å². The summed E-state index contributed by atoms with van der Waals surface area (Å²) >= 11 is 1.57. The van der Waals surface area contributed by atoms with Crippen LogP contribution in [-0.2, 0) is 0 Å². The molecule has 1 amide bonds. The maximum absolute atomic E-state index is 12.6. The van der Waals surface area contributed by atoms with Crippen LogP contribution in [0.2, 0.25) is 0 Å². The highest BCUT2D eigenvalue weighted by Gasteiger charge is 2.53. The molecule has 2 aromatic rings. The van der Waals surface area contributed by atoms with Crippen molar-refractivity contribution in [2.75, 3.05) is 13.1 Å². The molecule has 1 spiro atoms. The van der Waals surface area contributed by atoms with E-state index in [0.29, 0.717) is 0 Å². The van der Waals surface area contributed by atoms with Gasteiger partial charge in [0.1, 0.15) is 5.82 Å². The van der Waals surface area contributed by atoms with Gasteiger partial charge in [-0.3, -0.25) is 9.89 Å². The fourth-order valence-corrected chi connectivity index (χ4v) is 4.33. The van der Waals surface area contributed by atoms with E-state index < -0.39 is 0 Å². The topological polar surface area (TPSA) is 61.9 Å². The van der Waals surface area contributed by atoms with E-state index in [4.69, 9.17) is 0 Å². The van der Waals surface area contributed by atoms with Crippen LogP contribution in [0.1, 0.15) is 47.2 Å². The first-order valence-corrected chi connectivity index (χ1v) is 8.33. The number of nitrogens with one attached hydrogen (secondary N) is 1. The van der Waals surface area contributed by atoms with Gasteiger partial charge in [0.05, 0.1) is 5.56 Å². The van der Waals surface area contributed by atoms with Gasteiger partial charge in [-0.25, -0.2) is 4.98 Å². The molecule has 2 aromatic heterocycles. The SMILES string of the molecule is Cc1nc(C2CN(C(=O)c3ccsc3)CC23CCC3)n[nH]1. The average molecular weight is 302 g/mol. The number of nitrogens with zero attached hydrogens (tertiary/aromatic N) is 3. The number of aromatic nitrogens is 3. The molecule has 21 heavy (non-hydrogen) atoms. The molecule has 1 atom stereocenters. The third-order valence-electron chi connectivity index (χ3n) is 4.98. The highest BCUT2D eigenvalue weighted by Crippen LogP contribution is 2.55. The van der Waals surface area contributed by atoms with E-state index in [1.54, 1.807) is 11.3 Å². The number of H-pyrrole nitrogens is 1. The molecule has 1 N–H and O–H groups in total. The molecule has 0 aromatic carbocycles. The van der Waals surface area contributed by atoms with Gasteiger partial charge in [0.2, 0.25) is 0 Å². The number of aryl methyl sites for hydroxylation is 1. The molecule has 0 radical (unpaired) electrons. The lowest BCUT2D eigenvalue weighted by molar-refractivity contribution is 0.0724. The summed E-state index contributed by atoms with van der Waals surface area (Å²) in [7, 11) is 0. The maximum atomic E-state index is 12.6. The molecular weight excluding hydrogens is 284 g/mol. The Hall–Kier alpha value is -1.69. The van der Waals surface area contributed by atoms with Gasteiger partial charge in [0.15, 0.2) is 5.82 Å². The molecule has 2 aliphatic rings. The van der Waals surface area contributed by atoms with Crippen molar-refractivity contribution in [3.05, 3.63) is 34.0 Å². The Morgan fingerprint density at radius 3 is 2.95 bits per heavy atom. The van der Waals surface area contributed by atoms with Crippen LogP contribution < -0.4 is 0 Å². The highest BCUT2D eigenvalue weighted by atomic mass is 32.1. The number of amides is 1. The first kappa shape index (κ1) is 13.0. The molecular formula is C15H18N4OS. The third-order valence-corrected chi connectivity index (χ3v) is 5.66.